The predicted octanol–water partition coefficient (Wildman–Crippen LogP) is 2.96. The van der Waals surface area contributed by atoms with Crippen LogP contribution in [-0.2, 0) is 19.0 Å². The van der Waals surface area contributed by atoms with Crippen LogP contribution in [0, 0.1) is 5.82 Å². The van der Waals surface area contributed by atoms with Gasteiger partial charge in [-0.3, -0.25) is 9.67 Å². The summed E-state index contributed by atoms with van der Waals surface area (Å²) in [4.78, 5) is 4.29. The number of aryl methyl sites for hydroxylation is 1. The quantitative estimate of drug-likeness (QED) is 0.413. The zero-order valence-corrected chi connectivity index (χ0v) is 17.0. The van der Waals surface area contributed by atoms with Crippen molar-refractivity contribution < 1.29 is 4.39 Å². The number of hydrogen-bond acceptors (Lipinski definition) is 2. The molecule has 0 unspecified atom stereocenters. The van der Waals surface area contributed by atoms with Crippen LogP contribution in [0.3, 0.4) is 0 Å². The molecule has 0 saturated heterocycles. The predicted molar refractivity (Wildman–Crippen MR) is 109 cm³/mol. The summed E-state index contributed by atoms with van der Waals surface area (Å²) in [6.45, 7) is 1.46. The second-order valence-corrected chi connectivity index (χ2v) is 6.37. The highest BCUT2D eigenvalue weighted by Gasteiger charge is 2.38. The number of aliphatic imine (C=N–C) groups is 1. The number of hydrogen-bond donors (Lipinski definition) is 2. The first kappa shape index (κ1) is 19.7. The van der Waals surface area contributed by atoms with E-state index in [9.17, 15) is 4.39 Å². The zero-order chi connectivity index (χ0) is 17.0. The van der Waals surface area contributed by atoms with Crippen molar-refractivity contribution in [2.45, 2.75) is 31.2 Å². The lowest BCUT2D eigenvalue weighted by atomic mass is 9.64. The molecule has 0 aliphatic heterocycles. The Hall–Kier alpha value is -1.64. The molecule has 1 aliphatic rings. The van der Waals surface area contributed by atoms with Gasteiger partial charge in [-0.25, -0.2) is 4.39 Å². The Morgan fingerprint density at radius 2 is 1.96 bits per heavy atom. The lowest BCUT2D eigenvalue weighted by Crippen LogP contribution is -2.48. The van der Waals surface area contributed by atoms with Gasteiger partial charge in [0, 0.05) is 32.3 Å². The third kappa shape index (κ3) is 4.50. The number of benzene rings is 1. The van der Waals surface area contributed by atoms with Crippen molar-refractivity contribution in [3.63, 3.8) is 0 Å². The van der Waals surface area contributed by atoms with E-state index in [0.29, 0.717) is 6.54 Å². The first-order chi connectivity index (χ1) is 11.6. The van der Waals surface area contributed by atoms with Crippen molar-refractivity contribution in [3.05, 3.63) is 53.6 Å². The molecule has 5 nitrogen and oxygen atoms in total. The van der Waals surface area contributed by atoms with Crippen molar-refractivity contribution in [1.82, 2.24) is 20.4 Å². The minimum absolute atomic E-state index is 0. The molecule has 0 spiro atoms. The molecular formula is C18H25FIN5. The van der Waals surface area contributed by atoms with E-state index in [-0.39, 0.29) is 35.2 Å². The average molecular weight is 457 g/mol. The van der Waals surface area contributed by atoms with Crippen molar-refractivity contribution in [2.24, 2.45) is 12.0 Å². The van der Waals surface area contributed by atoms with Crippen LogP contribution in [0.15, 0.2) is 41.5 Å². The van der Waals surface area contributed by atoms with Gasteiger partial charge in [0.2, 0.25) is 0 Å². The average Bonchev–Trinajstić information content (AvgIpc) is 2.96. The molecule has 136 valence electrons. The van der Waals surface area contributed by atoms with Gasteiger partial charge in [0.25, 0.3) is 0 Å². The van der Waals surface area contributed by atoms with Gasteiger partial charge in [0.1, 0.15) is 5.82 Å². The number of aromatic nitrogens is 2. The van der Waals surface area contributed by atoms with E-state index in [0.717, 1.165) is 31.0 Å². The molecular weight excluding hydrogens is 432 g/mol. The fourth-order valence-electron chi connectivity index (χ4n) is 3.20. The normalized spacial score (nSPS) is 15.9. The lowest BCUT2D eigenvalue weighted by molar-refractivity contribution is 0.243. The molecule has 25 heavy (non-hydrogen) atoms. The summed E-state index contributed by atoms with van der Waals surface area (Å²) in [5.41, 5.74) is 2.37. The molecule has 0 amide bonds. The van der Waals surface area contributed by atoms with Gasteiger partial charge < -0.3 is 10.6 Å². The SMILES string of the molecule is CN=C(NCc1ccnn1C)NCC1(c2ccc(F)cc2)CCC1.I. The van der Waals surface area contributed by atoms with Gasteiger partial charge in [0.15, 0.2) is 5.96 Å². The maximum Gasteiger partial charge on any atom is 0.191 e. The summed E-state index contributed by atoms with van der Waals surface area (Å²) < 4.78 is 15.0. The summed E-state index contributed by atoms with van der Waals surface area (Å²) in [7, 11) is 3.69. The summed E-state index contributed by atoms with van der Waals surface area (Å²) in [5, 5.41) is 10.9. The van der Waals surface area contributed by atoms with Gasteiger partial charge >= 0.3 is 0 Å². The number of rotatable bonds is 5. The van der Waals surface area contributed by atoms with Crippen LogP contribution in [0.5, 0.6) is 0 Å². The molecule has 1 aromatic heterocycles. The Morgan fingerprint density at radius 3 is 2.48 bits per heavy atom. The van der Waals surface area contributed by atoms with Crippen molar-refractivity contribution >= 4 is 29.9 Å². The Morgan fingerprint density at radius 1 is 1.24 bits per heavy atom. The maximum absolute atomic E-state index is 13.2. The minimum atomic E-state index is -0.185. The molecule has 1 aromatic carbocycles. The van der Waals surface area contributed by atoms with Gasteiger partial charge in [0.05, 0.1) is 12.2 Å². The molecule has 1 fully saturated rings. The third-order valence-electron chi connectivity index (χ3n) is 4.94. The van der Waals surface area contributed by atoms with Crippen molar-refractivity contribution in [2.75, 3.05) is 13.6 Å². The topological polar surface area (TPSA) is 54.2 Å². The Balaban J connectivity index is 0.00000225. The molecule has 0 bridgehead atoms. The van der Waals surface area contributed by atoms with Crippen molar-refractivity contribution in [1.29, 1.82) is 0 Å². The fourth-order valence-corrected chi connectivity index (χ4v) is 3.20. The number of guanidine groups is 1. The molecule has 1 heterocycles. The van der Waals surface area contributed by atoms with E-state index in [1.54, 1.807) is 25.4 Å². The highest BCUT2D eigenvalue weighted by Crippen LogP contribution is 2.43. The van der Waals surface area contributed by atoms with Gasteiger partial charge in [-0.1, -0.05) is 18.6 Å². The Kier molecular flexibility index (Phi) is 6.80. The second kappa shape index (κ2) is 8.64. The van der Waals surface area contributed by atoms with E-state index in [2.05, 4.69) is 20.7 Å². The molecule has 7 heteroatoms. The van der Waals surface area contributed by atoms with Gasteiger partial charge in [-0.2, -0.15) is 5.10 Å². The number of nitrogens with zero attached hydrogens (tertiary/aromatic N) is 3. The van der Waals surface area contributed by atoms with E-state index in [1.165, 1.54) is 12.0 Å². The highest BCUT2D eigenvalue weighted by atomic mass is 127. The van der Waals surface area contributed by atoms with E-state index >= 15 is 0 Å². The number of nitrogens with one attached hydrogen (secondary N) is 2. The van der Waals surface area contributed by atoms with Crippen LogP contribution in [0.2, 0.25) is 0 Å². The van der Waals surface area contributed by atoms with Crippen LogP contribution >= 0.6 is 24.0 Å². The number of halogens is 2. The largest absolute Gasteiger partial charge is 0.356 e. The van der Waals surface area contributed by atoms with Gasteiger partial charge in [-0.15, -0.1) is 24.0 Å². The molecule has 0 radical (unpaired) electrons. The molecule has 1 saturated carbocycles. The Labute approximate surface area is 165 Å². The van der Waals surface area contributed by atoms with E-state index in [4.69, 9.17) is 0 Å². The molecule has 2 N–H and O–H groups in total. The van der Waals surface area contributed by atoms with E-state index < -0.39 is 0 Å². The highest BCUT2D eigenvalue weighted by molar-refractivity contribution is 14.0. The van der Waals surface area contributed by atoms with Crippen molar-refractivity contribution in [3.8, 4) is 0 Å². The first-order valence-electron chi connectivity index (χ1n) is 8.30. The lowest BCUT2D eigenvalue weighted by Gasteiger charge is -2.43. The molecule has 1 aliphatic carbocycles. The monoisotopic (exact) mass is 457 g/mol. The smallest absolute Gasteiger partial charge is 0.191 e. The summed E-state index contributed by atoms with van der Waals surface area (Å²) in [6, 6.07) is 8.88. The summed E-state index contributed by atoms with van der Waals surface area (Å²) in [6.07, 6.45) is 5.22. The van der Waals surface area contributed by atoms with Crippen LogP contribution in [0.4, 0.5) is 4.39 Å². The summed E-state index contributed by atoms with van der Waals surface area (Å²) >= 11 is 0. The van der Waals surface area contributed by atoms with Crippen LogP contribution < -0.4 is 10.6 Å². The zero-order valence-electron chi connectivity index (χ0n) is 14.6. The Bertz CT molecular complexity index is 707. The van der Waals surface area contributed by atoms with Crippen LogP contribution in [-0.4, -0.2) is 29.3 Å². The van der Waals surface area contributed by atoms with Crippen LogP contribution in [0.1, 0.15) is 30.5 Å². The van der Waals surface area contributed by atoms with Gasteiger partial charge in [-0.05, 0) is 36.6 Å². The maximum atomic E-state index is 13.2. The third-order valence-corrected chi connectivity index (χ3v) is 4.94. The molecule has 2 aromatic rings. The first-order valence-corrected chi connectivity index (χ1v) is 8.30. The fraction of sp³-hybridized carbons (Fsp3) is 0.444. The molecule has 0 atom stereocenters. The molecule has 3 rings (SSSR count). The van der Waals surface area contributed by atoms with Crippen LogP contribution in [0.25, 0.3) is 0 Å². The standard InChI is InChI=1S/C18H24FN5.HI/c1-20-17(21-12-16-8-11-23-24(16)2)22-13-18(9-3-10-18)14-4-6-15(19)7-5-14;/h4-8,11H,3,9-10,12-13H2,1-2H3,(H2,20,21,22);1H. The second-order valence-electron chi connectivity index (χ2n) is 6.37. The summed E-state index contributed by atoms with van der Waals surface area (Å²) in [5.74, 6) is 0.583. The van der Waals surface area contributed by atoms with E-state index in [1.807, 2.05) is 29.9 Å². The minimum Gasteiger partial charge on any atom is -0.356 e.